The highest BCUT2D eigenvalue weighted by Gasteiger charge is 2.15. The third-order valence-corrected chi connectivity index (χ3v) is 3.20. The summed E-state index contributed by atoms with van der Waals surface area (Å²) in [5.41, 5.74) is 0. The lowest BCUT2D eigenvalue weighted by Crippen LogP contribution is -2.42. The lowest BCUT2D eigenvalue weighted by atomic mass is 10.2. The van der Waals surface area contributed by atoms with Gasteiger partial charge < -0.3 is 20.1 Å². The summed E-state index contributed by atoms with van der Waals surface area (Å²) in [6.45, 7) is 2.62. The molecule has 0 spiro atoms. The van der Waals surface area contributed by atoms with Gasteiger partial charge in [-0.1, -0.05) is 6.07 Å². The van der Waals surface area contributed by atoms with Crippen molar-refractivity contribution in [3.63, 3.8) is 0 Å². The maximum Gasteiger partial charge on any atom is 0.191 e. The first-order chi connectivity index (χ1) is 10.3. The zero-order valence-electron chi connectivity index (χ0n) is 12.3. The van der Waals surface area contributed by atoms with Crippen LogP contribution in [0.1, 0.15) is 12.8 Å². The van der Waals surface area contributed by atoms with Crippen LogP contribution in [0.25, 0.3) is 0 Å². The van der Waals surface area contributed by atoms with Gasteiger partial charge in [-0.3, -0.25) is 4.99 Å². The highest BCUT2D eigenvalue weighted by molar-refractivity contribution is 5.79. The van der Waals surface area contributed by atoms with Crippen molar-refractivity contribution >= 4 is 5.96 Å². The molecule has 1 aliphatic rings. The fourth-order valence-corrected chi connectivity index (χ4v) is 2.13. The fourth-order valence-electron chi connectivity index (χ4n) is 2.13. The van der Waals surface area contributed by atoms with Crippen LogP contribution in [0, 0.1) is 5.82 Å². The summed E-state index contributed by atoms with van der Waals surface area (Å²) in [6, 6.07) is 6.11. The molecule has 1 saturated heterocycles. The highest BCUT2D eigenvalue weighted by Crippen LogP contribution is 2.11. The van der Waals surface area contributed by atoms with Crippen LogP contribution in [-0.4, -0.2) is 45.4 Å². The maximum absolute atomic E-state index is 13.0. The van der Waals surface area contributed by atoms with E-state index in [-0.39, 0.29) is 11.9 Å². The van der Waals surface area contributed by atoms with E-state index >= 15 is 0 Å². The van der Waals surface area contributed by atoms with Gasteiger partial charge in [0.1, 0.15) is 18.2 Å². The first-order valence-electron chi connectivity index (χ1n) is 7.22. The van der Waals surface area contributed by atoms with E-state index in [1.165, 1.54) is 12.1 Å². The van der Waals surface area contributed by atoms with Gasteiger partial charge in [0.25, 0.3) is 0 Å². The van der Waals surface area contributed by atoms with Gasteiger partial charge in [0.2, 0.25) is 0 Å². The van der Waals surface area contributed by atoms with E-state index in [0.29, 0.717) is 24.9 Å². The highest BCUT2D eigenvalue weighted by atomic mass is 19.1. The van der Waals surface area contributed by atoms with Gasteiger partial charge in [0.15, 0.2) is 5.96 Å². The van der Waals surface area contributed by atoms with Crippen LogP contribution < -0.4 is 15.4 Å². The second kappa shape index (κ2) is 8.46. The predicted octanol–water partition coefficient (Wildman–Crippen LogP) is 1.55. The maximum atomic E-state index is 13.0. The van der Waals surface area contributed by atoms with Crippen LogP contribution in [-0.2, 0) is 4.74 Å². The standard InChI is InChI=1S/C15H22FN3O2/c1-17-15(19-11-14-6-3-8-20-14)18-7-9-21-13-5-2-4-12(16)10-13/h2,4-5,10,14H,3,6-9,11H2,1H3,(H2,17,18,19). The van der Waals surface area contributed by atoms with Crippen LogP contribution in [0.15, 0.2) is 29.3 Å². The van der Waals surface area contributed by atoms with Crippen LogP contribution >= 0.6 is 0 Å². The number of nitrogens with one attached hydrogen (secondary N) is 2. The monoisotopic (exact) mass is 295 g/mol. The molecule has 0 bridgehead atoms. The summed E-state index contributed by atoms with van der Waals surface area (Å²) in [4.78, 5) is 4.13. The minimum atomic E-state index is -0.297. The van der Waals surface area contributed by atoms with Crippen molar-refractivity contribution in [2.45, 2.75) is 18.9 Å². The summed E-state index contributed by atoms with van der Waals surface area (Å²) >= 11 is 0. The van der Waals surface area contributed by atoms with E-state index in [4.69, 9.17) is 9.47 Å². The molecule has 116 valence electrons. The molecule has 2 N–H and O–H groups in total. The number of ether oxygens (including phenoxy) is 2. The Morgan fingerprint density at radius 2 is 2.38 bits per heavy atom. The van der Waals surface area contributed by atoms with Crippen molar-refractivity contribution in [3.8, 4) is 5.75 Å². The van der Waals surface area contributed by atoms with Crippen molar-refractivity contribution in [3.05, 3.63) is 30.1 Å². The largest absolute Gasteiger partial charge is 0.492 e. The van der Waals surface area contributed by atoms with Gasteiger partial charge >= 0.3 is 0 Å². The van der Waals surface area contributed by atoms with E-state index in [9.17, 15) is 4.39 Å². The van der Waals surface area contributed by atoms with Crippen molar-refractivity contribution < 1.29 is 13.9 Å². The summed E-state index contributed by atoms with van der Waals surface area (Å²) in [6.07, 6.45) is 2.49. The summed E-state index contributed by atoms with van der Waals surface area (Å²) < 4.78 is 24.0. The van der Waals surface area contributed by atoms with Crippen LogP contribution in [0.2, 0.25) is 0 Å². The number of guanidine groups is 1. The van der Waals surface area contributed by atoms with Gasteiger partial charge in [-0.15, -0.1) is 0 Å². The van der Waals surface area contributed by atoms with Gasteiger partial charge in [0.05, 0.1) is 12.6 Å². The fraction of sp³-hybridized carbons (Fsp3) is 0.533. The first kappa shape index (κ1) is 15.6. The summed E-state index contributed by atoms with van der Waals surface area (Å²) in [5.74, 6) is 0.946. The second-order valence-corrected chi connectivity index (χ2v) is 4.82. The molecule has 0 saturated carbocycles. The van der Waals surface area contributed by atoms with Crippen molar-refractivity contribution in [2.24, 2.45) is 4.99 Å². The molecule has 2 rings (SSSR count). The number of hydrogen-bond donors (Lipinski definition) is 2. The summed E-state index contributed by atoms with van der Waals surface area (Å²) in [7, 11) is 1.72. The Hall–Kier alpha value is -1.82. The van der Waals surface area contributed by atoms with Crippen LogP contribution in [0.5, 0.6) is 5.75 Å². The first-order valence-corrected chi connectivity index (χ1v) is 7.22. The van der Waals surface area contributed by atoms with E-state index in [0.717, 1.165) is 26.0 Å². The molecule has 1 atom stereocenters. The van der Waals surface area contributed by atoms with E-state index in [1.807, 2.05) is 0 Å². The molecule has 21 heavy (non-hydrogen) atoms. The number of halogens is 1. The lowest BCUT2D eigenvalue weighted by Gasteiger charge is -2.15. The Bertz CT molecular complexity index is 462. The average molecular weight is 295 g/mol. The number of benzene rings is 1. The number of aliphatic imine (C=N–C) groups is 1. The smallest absolute Gasteiger partial charge is 0.191 e. The average Bonchev–Trinajstić information content (AvgIpc) is 3.00. The van der Waals surface area contributed by atoms with Crippen LogP contribution in [0.3, 0.4) is 0 Å². The van der Waals surface area contributed by atoms with Crippen molar-refractivity contribution in [1.82, 2.24) is 10.6 Å². The molecule has 6 heteroatoms. The van der Waals surface area contributed by atoms with Gasteiger partial charge in [-0.25, -0.2) is 4.39 Å². The molecule has 0 aromatic heterocycles. The molecule has 1 unspecified atom stereocenters. The van der Waals surface area contributed by atoms with Gasteiger partial charge in [-0.2, -0.15) is 0 Å². The number of hydrogen-bond acceptors (Lipinski definition) is 3. The number of nitrogens with zero attached hydrogens (tertiary/aromatic N) is 1. The van der Waals surface area contributed by atoms with Crippen molar-refractivity contribution in [1.29, 1.82) is 0 Å². The van der Waals surface area contributed by atoms with Crippen molar-refractivity contribution in [2.75, 3.05) is 33.4 Å². The second-order valence-electron chi connectivity index (χ2n) is 4.82. The zero-order valence-corrected chi connectivity index (χ0v) is 12.3. The quantitative estimate of drug-likeness (QED) is 0.475. The third-order valence-electron chi connectivity index (χ3n) is 3.20. The molecule has 0 radical (unpaired) electrons. The molecule has 5 nitrogen and oxygen atoms in total. The molecule has 0 aliphatic carbocycles. The van der Waals surface area contributed by atoms with E-state index in [1.54, 1.807) is 19.2 Å². The molecular formula is C15H22FN3O2. The topological polar surface area (TPSA) is 54.9 Å². The molecule has 0 amide bonds. The SMILES string of the molecule is CN=C(NCCOc1cccc(F)c1)NCC1CCCO1. The number of rotatable bonds is 6. The third kappa shape index (κ3) is 5.59. The normalized spacial score (nSPS) is 18.6. The molecule has 1 heterocycles. The minimum Gasteiger partial charge on any atom is -0.492 e. The van der Waals surface area contributed by atoms with E-state index < -0.39 is 0 Å². The van der Waals surface area contributed by atoms with E-state index in [2.05, 4.69) is 15.6 Å². The zero-order chi connectivity index (χ0) is 14.9. The Balaban J connectivity index is 1.61. The minimum absolute atomic E-state index is 0.270. The molecule has 1 aromatic rings. The Labute approximate surface area is 124 Å². The Morgan fingerprint density at radius 3 is 3.10 bits per heavy atom. The molecule has 1 aliphatic heterocycles. The lowest BCUT2D eigenvalue weighted by molar-refractivity contribution is 0.114. The van der Waals surface area contributed by atoms with Crippen LogP contribution in [0.4, 0.5) is 4.39 Å². The summed E-state index contributed by atoms with van der Waals surface area (Å²) in [5, 5.41) is 6.36. The predicted molar refractivity (Wildman–Crippen MR) is 80.2 cm³/mol. The van der Waals surface area contributed by atoms with Gasteiger partial charge in [-0.05, 0) is 25.0 Å². The van der Waals surface area contributed by atoms with Gasteiger partial charge in [0, 0.05) is 26.3 Å². The molecule has 1 fully saturated rings. The Kier molecular flexibility index (Phi) is 6.27. The molecule has 1 aromatic carbocycles. The Morgan fingerprint density at radius 1 is 1.48 bits per heavy atom. The molecular weight excluding hydrogens is 273 g/mol.